The minimum absolute atomic E-state index is 0.158. The highest BCUT2D eigenvalue weighted by molar-refractivity contribution is 6.30. The number of rotatable bonds is 6. The fourth-order valence-corrected chi connectivity index (χ4v) is 1.84. The van der Waals surface area contributed by atoms with Crippen molar-refractivity contribution in [3.05, 3.63) is 34.9 Å². The first-order valence-corrected chi connectivity index (χ1v) is 6.61. The molecule has 0 aliphatic rings. The van der Waals surface area contributed by atoms with Crippen LogP contribution in [0.4, 0.5) is 0 Å². The van der Waals surface area contributed by atoms with Crippen molar-refractivity contribution < 1.29 is 4.79 Å². The van der Waals surface area contributed by atoms with Crippen molar-refractivity contribution in [3.63, 3.8) is 0 Å². The second-order valence-electron chi connectivity index (χ2n) is 4.75. The van der Waals surface area contributed by atoms with Gasteiger partial charge in [-0.05, 0) is 37.5 Å². The van der Waals surface area contributed by atoms with Crippen LogP contribution in [0.3, 0.4) is 0 Å². The fourth-order valence-electron chi connectivity index (χ4n) is 1.72. The molecule has 4 heteroatoms. The summed E-state index contributed by atoms with van der Waals surface area (Å²) in [6, 6.07) is 7.72. The molecule has 0 aliphatic heterocycles. The van der Waals surface area contributed by atoms with Gasteiger partial charge in [-0.2, -0.15) is 0 Å². The van der Waals surface area contributed by atoms with Crippen LogP contribution in [0.2, 0.25) is 5.02 Å². The summed E-state index contributed by atoms with van der Waals surface area (Å²) in [4.78, 5) is 13.6. The molecule has 0 aliphatic carbocycles. The zero-order valence-electron chi connectivity index (χ0n) is 11.0. The Hall–Kier alpha value is -1.06. The summed E-state index contributed by atoms with van der Waals surface area (Å²) in [5.41, 5.74) is 6.74. The summed E-state index contributed by atoms with van der Waals surface area (Å²) in [7, 11) is 1.82. The maximum atomic E-state index is 11.9. The van der Waals surface area contributed by atoms with E-state index in [9.17, 15) is 4.79 Å². The first kappa shape index (κ1) is 15.0. The molecule has 0 fully saturated rings. The lowest BCUT2D eigenvalue weighted by Gasteiger charge is -2.17. The minimum atomic E-state index is 0.158. The lowest BCUT2D eigenvalue weighted by molar-refractivity contribution is -0.130. The van der Waals surface area contributed by atoms with Crippen LogP contribution in [-0.2, 0) is 11.3 Å². The fraction of sp³-hybridized carbons (Fsp3) is 0.500. The first-order chi connectivity index (χ1) is 8.49. The van der Waals surface area contributed by atoms with Crippen LogP contribution in [0.5, 0.6) is 0 Å². The minimum Gasteiger partial charge on any atom is -0.341 e. The Morgan fingerprint density at radius 1 is 1.39 bits per heavy atom. The Morgan fingerprint density at radius 3 is 2.56 bits per heavy atom. The topological polar surface area (TPSA) is 46.3 Å². The normalized spacial score (nSPS) is 12.2. The standard InChI is InChI=1S/C14H21ClN2O/c1-11(16)4-3-5-14(18)17(2)10-12-6-8-13(15)9-7-12/h6-9,11H,3-5,10,16H2,1-2H3. The van der Waals surface area contributed by atoms with Gasteiger partial charge in [-0.25, -0.2) is 0 Å². The Balaban J connectivity index is 2.37. The molecule has 3 nitrogen and oxygen atoms in total. The highest BCUT2D eigenvalue weighted by Crippen LogP contribution is 2.11. The molecule has 1 aromatic carbocycles. The molecule has 0 spiro atoms. The van der Waals surface area contributed by atoms with E-state index in [0.717, 1.165) is 18.4 Å². The van der Waals surface area contributed by atoms with Gasteiger partial charge in [-0.15, -0.1) is 0 Å². The van der Waals surface area contributed by atoms with E-state index in [1.807, 2.05) is 38.2 Å². The molecular weight excluding hydrogens is 248 g/mol. The van der Waals surface area contributed by atoms with Crippen LogP contribution in [0.1, 0.15) is 31.7 Å². The molecule has 100 valence electrons. The molecule has 0 radical (unpaired) electrons. The number of carbonyl (C=O) groups is 1. The molecule has 18 heavy (non-hydrogen) atoms. The van der Waals surface area contributed by atoms with Gasteiger partial charge in [0, 0.05) is 31.1 Å². The van der Waals surface area contributed by atoms with Crippen molar-refractivity contribution in [2.45, 2.75) is 38.8 Å². The molecule has 0 bridgehead atoms. The molecule has 1 unspecified atom stereocenters. The van der Waals surface area contributed by atoms with Gasteiger partial charge in [0.25, 0.3) is 0 Å². The SMILES string of the molecule is CC(N)CCCC(=O)N(C)Cc1ccc(Cl)cc1. The summed E-state index contributed by atoms with van der Waals surface area (Å²) >= 11 is 5.82. The Morgan fingerprint density at radius 2 is 2.00 bits per heavy atom. The van der Waals surface area contributed by atoms with E-state index in [-0.39, 0.29) is 11.9 Å². The van der Waals surface area contributed by atoms with Crippen LogP contribution in [0.15, 0.2) is 24.3 Å². The molecule has 0 saturated heterocycles. The predicted octanol–water partition coefficient (Wildman–Crippen LogP) is 2.82. The van der Waals surface area contributed by atoms with E-state index in [2.05, 4.69) is 0 Å². The van der Waals surface area contributed by atoms with Gasteiger partial charge in [-0.3, -0.25) is 4.79 Å². The average molecular weight is 269 g/mol. The Kier molecular flexibility index (Phi) is 6.16. The number of hydrogen-bond acceptors (Lipinski definition) is 2. The number of nitrogens with zero attached hydrogens (tertiary/aromatic N) is 1. The molecular formula is C14H21ClN2O. The van der Waals surface area contributed by atoms with E-state index in [4.69, 9.17) is 17.3 Å². The quantitative estimate of drug-likeness (QED) is 0.862. The van der Waals surface area contributed by atoms with Gasteiger partial charge in [0.15, 0.2) is 0 Å². The first-order valence-electron chi connectivity index (χ1n) is 6.23. The maximum Gasteiger partial charge on any atom is 0.222 e. The lowest BCUT2D eigenvalue weighted by atomic mass is 10.1. The molecule has 1 aromatic rings. The summed E-state index contributed by atoms with van der Waals surface area (Å²) < 4.78 is 0. The van der Waals surface area contributed by atoms with Gasteiger partial charge in [0.05, 0.1) is 0 Å². The van der Waals surface area contributed by atoms with Crippen LogP contribution in [-0.4, -0.2) is 23.9 Å². The number of hydrogen-bond donors (Lipinski definition) is 1. The molecule has 0 heterocycles. The van der Waals surface area contributed by atoms with Crippen LogP contribution in [0, 0.1) is 0 Å². The van der Waals surface area contributed by atoms with E-state index in [1.165, 1.54) is 0 Å². The van der Waals surface area contributed by atoms with Gasteiger partial charge < -0.3 is 10.6 Å². The molecule has 0 aromatic heterocycles. The maximum absolute atomic E-state index is 11.9. The second-order valence-corrected chi connectivity index (χ2v) is 5.18. The largest absolute Gasteiger partial charge is 0.341 e. The Labute approximate surface area is 114 Å². The van der Waals surface area contributed by atoms with Crippen molar-refractivity contribution >= 4 is 17.5 Å². The monoisotopic (exact) mass is 268 g/mol. The average Bonchev–Trinajstić information content (AvgIpc) is 2.31. The number of halogens is 1. The molecule has 2 N–H and O–H groups in total. The van der Waals surface area contributed by atoms with Crippen molar-refractivity contribution in [3.8, 4) is 0 Å². The summed E-state index contributed by atoms with van der Waals surface area (Å²) in [6.07, 6.45) is 2.30. The third kappa shape index (κ3) is 5.52. The van der Waals surface area contributed by atoms with E-state index < -0.39 is 0 Å². The molecule has 1 amide bonds. The highest BCUT2D eigenvalue weighted by Gasteiger charge is 2.09. The van der Waals surface area contributed by atoms with Crippen LogP contribution >= 0.6 is 11.6 Å². The van der Waals surface area contributed by atoms with Gasteiger partial charge >= 0.3 is 0 Å². The molecule has 0 saturated carbocycles. The number of amides is 1. The second kappa shape index (κ2) is 7.39. The van der Waals surface area contributed by atoms with Gasteiger partial charge in [-0.1, -0.05) is 23.7 Å². The third-order valence-electron chi connectivity index (χ3n) is 2.81. The molecule has 1 atom stereocenters. The summed E-state index contributed by atoms with van der Waals surface area (Å²) in [5.74, 6) is 0.158. The van der Waals surface area contributed by atoms with Crippen LogP contribution in [0.25, 0.3) is 0 Å². The summed E-state index contributed by atoms with van der Waals surface area (Å²) in [6.45, 7) is 2.58. The van der Waals surface area contributed by atoms with E-state index in [0.29, 0.717) is 18.0 Å². The zero-order valence-corrected chi connectivity index (χ0v) is 11.8. The lowest BCUT2D eigenvalue weighted by Crippen LogP contribution is -2.26. The smallest absolute Gasteiger partial charge is 0.222 e. The van der Waals surface area contributed by atoms with Gasteiger partial charge in [0.2, 0.25) is 5.91 Å². The van der Waals surface area contributed by atoms with Crippen molar-refractivity contribution in [2.24, 2.45) is 5.73 Å². The van der Waals surface area contributed by atoms with Crippen molar-refractivity contribution in [1.29, 1.82) is 0 Å². The summed E-state index contributed by atoms with van der Waals surface area (Å²) in [5, 5.41) is 0.713. The number of benzene rings is 1. The number of carbonyl (C=O) groups excluding carboxylic acids is 1. The third-order valence-corrected chi connectivity index (χ3v) is 3.06. The Bertz CT molecular complexity index is 376. The molecule has 1 rings (SSSR count). The van der Waals surface area contributed by atoms with Crippen molar-refractivity contribution in [2.75, 3.05) is 7.05 Å². The zero-order chi connectivity index (χ0) is 13.5. The highest BCUT2D eigenvalue weighted by atomic mass is 35.5. The van der Waals surface area contributed by atoms with Crippen LogP contribution < -0.4 is 5.73 Å². The van der Waals surface area contributed by atoms with E-state index in [1.54, 1.807) is 4.90 Å². The van der Waals surface area contributed by atoms with E-state index >= 15 is 0 Å². The van der Waals surface area contributed by atoms with Crippen molar-refractivity contribution in [1.82, 2.24) is 4.90 Å². The number of nitrogens with two attached hydrogens (primary N) is 1. The van der Waals surface area contributed by atoms with Gasteiger partial charge in [0.1, 0.15) is 0 Å². The predicted molar refractivity (Wildman–Crippen MR) is 75.4 cm³/mol.